The van der Waals surface area contributed by atoms with E-state index < -0.39 is 10.0 Å². The number of nitrogens with zero attached hydrogens (tertiary/aromatic N) is 1. The summed E-state index contributed by atoms with van der Waals surface area (Å²) in [6.07, 6.45) is 0.787. The van der Waals surface area contributed by atoms with E-state index in [1.165, 1.54) is 4.31 Å². The first-order chi connectivity index (χ1) is 14.8. The fraction of sp³-hybridized carbons (Fsp3) is 0.240. The second-order valence-corrected chi connectivity index (χ2v) is 9.66. The van der Waals surface area contributed by atoms with E-state index in [2.05, 4.69) is 5.32 Å². The number of hydrogen-bond donors (Lipinski definition) is 1. The first kappa shape index (κ1) is 22.7. The van der Waals surface area contributed by atoms with Gasteiger partial charge in [-0.15, -0.1) is 0 Å². The van der Waals surface area contributed by atoms with E-state index in [0.29, 0.717) is 5.56 Å². The lowest BCUT2D eigenvalue weighted by atomic mass is 10.0. The number of rotatable bonds is 8. The molecule has 0 aliphatic rings. The van der Waals surface area contributed by atoms with Crippen LogP contribution in [0.15, 0.2) is 83.8 Å². The van der Waals surface area contributed by atoms with Crippen LogP contribution in [0.4, 0.5) is 0 Å². The maximum Gasteiger partial charge on any atom is 0.251 e. The SMILES string of the molecule is CC[C@@H](NC(=O)c1ccc(CN(C)S(=O)(=O)c2ccc(C)cc2)cc1)c1ccccc1. The zero-order valence-electron chi connectivity index (χ0n) is 18.1. The quantitative estimate of drug-likeness (QED) is 0.557. The molecule has 0 saturated carbocycles. The molecule has 162 valence electrons. The molecule has 0 spiro atoms. The van der Waals surface area contributed by atoms with Crippen LogP contribution in [0.1, 0.15) is 46.4 Å². The van der Waals surface area contributed by atoms with Gasteiger partial charge in [-0.2, -0.15) is 4.31 Å². The van der Waals surface area contributed by atoms with Crippen molar-refractivity contribution in [3.63, 3.8) is 0 Å². The van der Waals surface area contributed by atoms with Gasteiger partial charge in [-0.05, 0) is 48.7 Å². The molecule has 1 amide bonds. The molecule has 3 aromatic carbocycles. The largest absolute Gasteiger partial charge is 0.345 e. The van der Waals surface area contributed by atoms with Crippen LogP contribution in [0.5, 0.6) is 0 Å². The molecule has 6 heteroatoms. The summed E-state index contributed by atoms with van der Waals surface area (Å²) in [5.74, 6) is -0.150. The lowest BCUT2D eigenvalue weighted by Gasteiger charge is -2.19. The monoisotopic (exact) mass is 436 g/mol. The number of carbonyl (C=O) groups is 1. The Morgan fingerprint density at radius 3 is 2.13 bits per heavy atom. The molecule has 3 aromatic rings. The fourth-order valence-electron chi connectivity index (χ4n) is 3.34. The molecular weight excluding hydrogens is 408 g/mol. The third kappa shape index (κ3) is 5.60. The average Bonchev–Trinajstić information content (AvgIpc) is 2.78. The Labute approximate surface area is 184 Å². The van der Waals surface area contributed by atoms with Crippen molar-refractivity contribution < 1.29 is 13.2 Å². The second kappa shape index (κ2) is 9.90. The van der Waals surface area contributed by atoms with Gasteiger partial charge in [0, 0.05) is 19.2 Å². The topological polar surface area (TPSA) is 66.5 Å². The van der Waals surface area contributed by atoms with Gasteiger partial charge in [-0.3, -0.25) is 4.79 Å². The van der Waals surface area contributed by atoms with E-state index in [1.807, 2.05) is 44.2 Å². The van der Waals surface area contributed by atoms with E-state index in [0.717, 1.165) is 23.1 Å². The number of carbonyl (C=O) groups excluding carboxylic acids is 1. The van der Waals surface area contributed by atoms with Crippen molar-refractivity contribution >= 4 is 15.9 Å². The molecule has 0 aliphatic carbocycles. The van der Waals surface area contributed by atoms with Gasteiger partial charge in [-0.1, -0.05) is 67.1 Å². The average molecular weight is 437 g/mol. The molecule has 0 bridgehead atoms. The van der Waals surface area contributed by atoms with Crippen LogP contribution >= 0.6 is 0 Å². The maximum absolute atomic E-state index is 12.8. The summed E-state index contributed by atoms with van der Waals surface area (Å²) in [5.41, 5.74) is 3.43. The van der Waals surface area contributed by atoms with Crippen LogP contribution in [-0.4, -0.2) is 25.7 Å². The Bertz CT molecular complexity index is 1110. The van der Waals surface area contributed by atoms with Crippen molar-refractivity contribution in [2.75, 3.05) is 7.05 Å². The van der Waals surface area contributed by atoms with Gasteiger partial charge in [0.15, 0.2) is 0 Å². The first-order valence-electron chi connectivity index (χ1n) is 10.3. The standard InChI is InChI=1S/C25H28N2O3S/c1-4-24(21-8-6-5-7-9-21)26-25(28)22-14-12-20(13-15-22)18-27(3)31(29,30)23-16-10-19(2)11-17-23/h5-17,24H,4,18H2,1-3H3,(H,26,28)/t24-/m1/s1. The van der Waals surface area contributed by atoms with Crippen molar-refractivity contribution in [2.45, 2.75) is 37.8 Å². The molecular formula is C25H28N2O3S. The summed E-state index contributed by atoms with van der Waals surface area (Å²) in [7, 11) is -2.02. The minimum Gasteiger partial charge on any atom is -0.345 e. The summed E-state index contributed by atoms with van der Waals surface area (Å²) in [5, 5.41) is 3.06. The van der Waals surface area contributed by atoms with Crippen LogP contribution < -0.4 is 5.32 Å². The number of nitrogens with one attached hydrogen (secondary N) is 1. The number of hydrogen-bond acceptors (Lipinski definition) is 3. The van der Waals surface area contributed by atoms with Crippen molar-refractivity contribution in [3.05, 3.63) is 101 Å². The fourth-order valence-corrected chi connectivity index (χ4v) is 4.50. The molecule has 0 saturated heterocycles. The summed E-state index contributed by atoms with van der Waals surface area (Å²) >= 11 is 0. The smallest absolute Gasteiger partial charge is 0.251 e. The highest BCUT2D eigenvalue weighted by Gasteiger charge is 2.21. The van der Waals surface area contributed by atoms with E-state index in [1.54, 1.807) is 55.6 Å². The highest BCUT2D eigenvalue weighted by molar-refractivity contribution is 7.89. The zero-order chi connectivity index (χ0) is 22.4. The molecule has 0 fully saturated rings. The Kier molecular flexibility index (Phi) is 7.25. The van der Waals surface area contributed by atoms with Crippen molar-refractivity contribution in [2.24, 2.45) is 0 Å². The van der Waals surface area contributed by atoms with Gasteiger partial charge in [0.05, 0.1) is 10.9 Å². The predicted molar refractivity (Wildman–Crippen MR) is 123 cm³/mol. The molecule has 0 radical (unpaired) electrons. The molecule has 0 aromatic heterocycles. The van der Waals surface area contributed by atoms with E-state index in [4.69, 9.17) is 0 Å². The summed E-state index contributed by atoms with van der Waals surface area (Å²) in [4.78, 5) is 12.9. The van der Waals surface area contributed by atoms with E-state index in [-0.39, 0.29) is 23.4 Å². The van der Waals surface area contributed by atoms with Crippen molar-refractivity contribution in [1.29, 1.82) is 0 Å². The summed E-state index contributed by atoms with van der Waals surface area (Å²) in [6.45, 7) is 4.17. The van der Waals surface area contributed by atoms with E-state index >= 15 is 0 Å². The van der Waals surface area contributed by atoms with Crippen LogP contribution in [0.2, 0.25) is 0 Å². The Morgan fingerprint density at radius 2 is 1.55 bits per heavy atom. The van der Waals surface area contributed by atoms with Crippen molar-refractivity contribution in [1.82, 2.24) is 9.62 Å². The van der Waals surface area contributed by atoms with E-state index in [9.17, 15) is 13.2 Å². The van der Waals surface area contributed by atoms with Crippen LogP contribution in [0.25, 0.3) is 0 Å². The first-order valence-corrected chi connectivity index (χ1v) is 11.7. The zero-order valence-corrected chi connectivity index (χ0v) is 18.9. The normalized spacial score (nSPS) is 12.5. The highest BCUT2D eigenvalue weighted by Crippen LogP contribution is 2.19. The van der Waals surface area contributed by atoms with Gasteiger partial charge in [0.1, 0.15) is 0 Å². The minimum absolute atomic E-state index is 0.0563. The highest BCUT2D eigenvalue weighted by atomic mass is 32.2. The summed E-state index contributed by atoms with van der Waals surface area (Å²) < 4.78 is 26.9. The maximum atomic E-state index is 12.8. The van der Waals surface area contributed by atoms with Gasteiger partial charge in [0.25, 0.3) is 5.91 Å². The lowest BCUT2D eigenvalue weighted by Crippen LogP contribution is -2.28. The summed E-state index contributed by atoms with van der Waals surface area (Å²) in [6, 6.07) is 23.7. The molecule has 0 heterocycles. The molecule has 1 atom stereocenters. The van der Waals surface area contributed by atoms with Crippen LogP contribution in [-0.2, 0) is 16.6 Å². The number of benzene rings is 3. The Balaban J connectivity index is 1.66. The number of amides is 1. The second-order valence-electron chi connectivity index (χ2n) is 7.62. The Hall–Kier alpha value is -2.96. The molecule has 3 rings (SSSR count). The Morgan fingerprint density at radius 1 is 0.935 bits per heavy atom. The van der Waals surface area contributed by atoms with Crippen molar-refractivity contribution in [3.8, 4) is 0 Å². The minimum atomic E-state index is -3.58. The van der Waals surface area contributed by atoms with Gasteiger partial charge >= 0.3 is 0 Å². The van der Waals surface area contributed by atoms with Gasteiger partial charge < -0.3 is 5.32 Å². The molecule has 1 N–H and O–H groups in total. The molecule has 0 unspecified atom stereocenters. The number of sulfonamides is 1. The molecule has 5 nitrogen and oxygen atoms in total. The third-order valence-corrected chi connectivity index (χ3v) is 7.08. The number of aryl methyl sites for hydroxylation is 1. The predicted octanol–water partition coefficient (Wildman–Crippen LogP) is 4.70. The van der Waals surface area contributed by atoms with Gasteiger partial charge in [0.2, 0.25) is 10.0 Å². The molecule has 31 heavy (non-hydrogen) atoms. The third-order valence-electron chi connectivity index (χ3n) is 5.27. The van der Waals surface area contributed by atoms with Gasteiger partial charge in [-0.25, -0.2) is 8.42 Å². The van der Waals surface area contributed by atoms with Crippen LogP contribution in [0, 0.1) is 6.92 Å². The lowest BCUT2D eigenvalue weighted by molar-refractivity contribution is 0.0935. The van der Waals surface area contributed by atoms with Crippen LogP contribution in [0.3, 0.4) is 0 Å². The molecule has 0 aliphatic heterocycles.